The number of fused-ring (bicyclic) bond motifs is 5. The van der Waals surface area contributed by atoms with Crippen molar-refractivity contribution in [2.75, 3.05) is 0 Å². The molecule has 0 radical (unpaired) electrons. The number of rotatable bonds is 1. The fraction of sp³-hybridized carbons (Fsp3) is 0. The minimum absolute atomic E-state index is 0.531. The molecule has 0 saturated heterocycles. The average molecular weight is 391 g/mol. The van der Waals surface area contributed by atoms with Gasteiger partial charge in [0.25, 0.3) is 0 Å². The molecule has 2 heterocycles. The first-order chi connectivity index (χ1) is 12.3. The van der Waals surface area contributed by atoms with Gasteiger partial charge in [0, 0.05) is 33.4 Å². The van der Waals surface area contributed by atoms with Crippen molar-refractivity contribution in [1.82, 2.24) is 14.5 Å². The van der Waals surface area contributed by atoms with Crippen molar-refractivity contribution in [1.29, 1.82) is 0 Å². The minimum atomic E-state index is 0.531. The molecule has 1 N–H and O–H groups in total. The van der Waals surface area contributed by atoms with E-state index in [0.717, 1.165) is 37.6 Å². The van der Waals surface area contributed by atoms with Gasteiger partial charge in [-0.3, -0.25) is 4.57 Å². The molecule has 0 fully saturated rings. The van der Waals surface area contributed by atoms with Gasteiger partial charge >= 0.3 is 0 Å². The van der Waals surface area contributed by atoms with Crippen LogP contribution < -0.4 is 0 Å². The molecule has 5 nitrogen and oxygen atoms in total. The molecule has 0 unspecified atom stereocenters. The highest BCUT2D eigenvalue weighted by Gasteiger charge is 2.31. The molecule has 1 aliphatic rings. The molecule has 0 amide bonds. The lowest BCUT2D eigenvalue weighted by molar-refractivity contribution is 0.320. The monoisotopic (exact) mass is 390 g/mol. The average Bonchev–Trinajstić information content (AvgIpc) is 3.27. The smallest absolute Gasteiger partial charge is 0.148 e. The number of imidazole rings is 1. The summed E-state index contributed by atoms with van der Waals surface area (Å²) in [5, 5.41) is 14.3. The Kier molecular flexibility index (Phi) is 3.02. The van der Waals surface area contributed by atoms with Crippen molar-refractivity contribution < 1.29 is 5.21 Å². The highest BCUT2D eigenvalue weighted by Crippen LogP contribution is 2.43. The Morgan fingerprint density at radius 1 is 1.04 bits per heavy atom. The van der Waals surface area contributed by atoms with Gasteiger partial charge in [-0.25, -0.2) is 9.97 Å². The summed E-state index contributed by atoms with van der Waals surface area (Å²) in [5.74, 6) is 0.700. The molecule has 5 rings (SSSR count). The van der Waals surface area contributed by atoms with Gasteiger partial charge in [0.2, 0.25) is 0 Å². The van der Waals surface area contributed by atoms with Crippen LogP contribution in [0.1, 0.15) is 11.1 Å². The largest absolute Gasteiger partial charge is 0.410 e. The third-order valence-corrected chi connectivity index (χ3v) is 4.96. The van der Waals surface area contributed by atoms with Crippen LogP contribution in [0.3, 0.4) is 0 Å². The van der Waals surface area contributed by atoms with Crippen LogP contribution in [-0.2, 0) is 0 Å². The van der Waals surface area contributed by atoms with E-state index in [1.807, 2.05) is 47.2 Å². The Morgan fingerprint density at radius 3 is 2.64 bits per heavy atom. The summed E-state index contributed by atoms with van der Waals surface area (Å²) < 4.78 is 2.82. The number of aromatic nitrogens is 3. The lowest BCUT2D eigenvalue weighted by Gasteiger charge is -2.12. The van der Waals surface area contributed by atoms with Crippen molar-refractivity contribution >= 4 is 32.5 Å². The van der Waals surface area contributed by atoms with Gasteiger partial charge in [0.1, 0.15) is 17.9 Å². The molecule has 6 heteroatoms. The van der Waals surface area contributed by atoms with E-state index in [0.29, 0.717) is 11.5 Å². The second-order valence-corrected chi connectivity index (χ2v) is 6.73. The molecular formula is C19H11BrN4O. The second-order valence-electron chi connectivity index (χ2n) is 5.81. The molecule has 0 atom stereocenters. The topological polar surface area (TPSA) is 63.3 Å². The summed E-state index contributed by atoms with van der Waals surface area (Å²) >= 11 is 3.55. The molecule has 1 aliphatic carbocycles. The van der Waals surface area contributed by atoms with E-state index in [1.54, 1.807) is 12.5 Å². The molecule has 4 aromatic rings. The van der Waals surface area contributed by atoms with Crippen LogP contribution >= 0.6 is 15.9 Å². The van der Waals surface area contributed by atoms with E-state index in [-0.39, 0.29) is 0 Å². The van der Waals surface area contributed by atoms with Gasteiger partial charge in [0.05, 0.1) is 11.1 Å². The summed E-state index contributed by atoms with van der Waals surface area (Å²) in [5.41, 5.74) is 5.18. The number of hydrogen-bond donors (Lipinski definition) is 1. The van der Waals surface area contributed by atoms with Gasteiger partial charge in [-0.2, -0.15) is 0 Å². The predicted molar refractivity (Wildman–Crippen MR) is 99.4 cm³/mol. The molecule has 0 spiro atoms. The zero-order chi connectivity index (χ0) is 17.0. The van der Waals surface area contributed by atoms with Crippen molar-refractivity contribution in [2.45, 2.75) is 0 Å². The molecular weight excluding hydrogens is 380 g/mol. The summed E-state index contributed by atoms with van der Waals surface area (Å²) in [4.78, 5) is 8.95. The van der Waals surface area contributed by atoms with Crippen LogP contribution in [0.4, 0.5) is 0 Å². The number of hydrogen-bond acceptors (Lipinski definition) is 4. The lowest BCUT2D eigenvalue weighted by atomic mass is 10.0. The van der Waals surface area contributed by atoms with Crippen molar-refractivity contribution in [3.05, 3.63) is 76.8 Å². The Bertz CT molecular complexity index is 1170. The summed E-state index contributed by atoms with van der Waals surface area (Å²) in [7, 11) is 0. The van der Waals surface area contributed by atoms with E-state index in [1.165, 1.54) is 0 Å². The zero-order valence-electron chi connectivity index (χ0n) is 12.9. The van der Waals surface area contributed by atoms with E-state index in [2.05, 4.69) is 32.1 Å². The minimum Gasteiger partial charge on any atom is -0.410 e. The molecule has 25 heavy (non-hydrogen) atoms. The van der Waals surface area contributed by atoms with Crippen LogP contribution in [0.2, 0.25) is 0 Å². The fourth-order valence-electron chi connectivity index (χ4n) is 3.44. The Balaban J connectivity index is 2.01. The summed E-state index contributed by atoms with van der Waals surface area (Å²) in [6.07, 6.45) is 5.24. The molecule has 120 valence electrons. The number of nitrogens with zero attached hydrogens (tertiary/aromatic N) is 4. The number of pyridine rings is 1. The van der Waals surface area contributed by atoms with Gasteiger partial charge < -0.3 is 5.21 Å². The van der Waals surface area contributed by atoms with Crippen LogP contribution in [0, 0.1) is 0 Å². The van der Waals surface area contributed by atoms with E-state index >= 15 is 0 Å². The van der Waals surface area contributed by atoms with E-state index in [9.17, 15) is 5.21 Å². The first kappa shape index (κ1) is 14.4. The predicted octanol–water partition coefficient (Wildman–Crippen LogP) is 4.39. The van der Waals surface area contributed by atoms with Gasteiger partial charge in [-0.15, -0.1) is 0 Å². The van der Waals surface area contributed by atoms with Crippen LogP contribution in [0.5, 0.6) is 0 Å². The maximum absolute atomic E-state index is 9.73. The highest BCUT2D eigenvalue weighted by molar-refractivity contribution is 9.10. The van der Waals surface area contributed by atoms with Crippen LogP contribution in [-0.4, -0.2) is 25.5 Å². The normalized spacial score (nSPS) is 14.0. The Morgan fingerprint density at radius 2 is 1.88 bits per heavy atom. The molecule has 2 aromatic carbocycles. The van der Waals surface area contributed by atoms with Gasteiger partial charge in [-0.1, -0.05) is 45.4 Å². The third kappa shape index (κ3) is 1.97. The van der Waals surface area contributed by atoms with E-state index < -0.39 is 0 Å². The standard InChI is InChI=1S/C19H11BrN4O/c20-11-5-6-15-14(9-11)16-12-3-1-2-4-13(12)18(23-25)17(16)19(22-15)24-8-7-21-10-24/h1-10,25H/b23-18+. The van der Waals surface area contributed by atoms with Gasteiger partial charge in [0.15, 0.2) is 0 Å². The van der Waals surface area contributed by atoms with Gasteiger partial charge in [-0.05, 0) is 23.8 Å². The number of halogens is 1. The van der Waals surface area contributed by atoms with E-state index in [4.69, 9.17) is 4.98 Å². The maximum atomic E-state index is 9.73. The molecule has 2 aromatic heterocycles. The fourth-order valence-corrected chi connectivity index (χ4v) is 3.81. The first-order valence-electron chi connectivity index (χ1n) is 7.71. The highest BCUT2D eigenvalue weighted by atomic mass is 79.9. The maximum Gasteiger partial charge on any atom is 0.148 e. The third-order valence-electron chi connectivity index (χ3n) is 4.47. The van der Waals surface area contributed by atoms with Crippen molar-refractivity contribution in [2.24, 2.45) is 5.16 Å². The number of oxime groups is 1. The number of benzene rings is 2. The van der Waals surface area contributed by atoms with Crippen LogP contribution in [0.25, 0.3) is 27.8 Å². The van der Waals surface area contributed by atoms with Crippen molar-refractivity contribution in [3.8, 4) is 16.9 Å². The first-order valence-corrected chi connectivity index (χ1v) is 8.51. The SMILES string of the molecule is O/N=C1\c2ccccc2-c2c1c(-n1ccnc1)nc1ccc(Br)cc21. The van der Waals surface area contributed by atoms with Crippen LogP contribution in [0.15, 0.2) is 70.8 Å². The summed E-state index contributed by atoms with van der Waals surface area (Å²) in [6, 6.07) is 14.0. The van der Waals surface area contributed by atoms with Crippen molar-refractivity contribution in [3.63, 3.8) is 0 Å². The Hall–Kier alpha value is -2.99. The molecule has 0 aliphatic heterocycles. The molecule has 0 bridgehead atoms. The second kappa shape index (κ2) is 5.26. The lowest BCUT2D eigenvalue weighted by Crippen LogP contribution is -2.07. The summed E-state index contributed by atoms with van der Waals surface area (Å²) in [6.45, 7) is 0. The Labute approximate surface area is 151 Å². The molecule has 0 saturated carbocycles. The quantitative estimate of drug-likeness (QED) is 0.341. The zero-order valence-corrected chi connectivity index (χ0v) is 14.5.